The largest absolute Gasteiger partial charge is 0.488 e. The average molecular weight is 444 g/mol. The Balaban J connectivity index is 1.40. The quantitative estimate of drug-likeness (QED) is 0.634. The number of fused-ring (bicyclic) bond motifs is 1. The SMILES string of the molecule is Cc1ncccc1C(=O)N[C@@H]1C[C@@H](Oc2ccccc2)[C@H](O)[C@H]1N1CCc2ccccc2C1. The average Bonchev–Trinajstić information content (AvgIpc) is 3.13. The molecule has 33 heavy (non-hydrogen) atoms. The molecule has 2 aromatic carbocycles. The van der Waals surface area contributed by atoms with E-state index >= 15 is 0 Å². The maximum Gasteiger partial charge on any atom is 0.253 e. The molecule has 0 unspecified atom stereocenters. The standard InChI is InChI=1S/C27H29N3O3/c1-18-22(12-7-14-28-18)27(32)29-23-16-24(33-21-10-3-2-4-11-21)26(31)25(23)30-15-13-19-8-5-6-9-20(19)17-30/h2-12,14,23-26,31H,13,15-17H2,1H3,(H,29,32)/t23-,24-,25+,26+/m1/s1. The summed E-state index contributed by atoms with van der Waals surface area (Å²) in [5.74, 6) is 0.556. The van der Waals surface area contributed by atoms with Crippen LogP contribution in [0.4, 0.5) is 0 Å². The predicted octanol–water partition coefficient (Wildman–Crippen LogP) is 3.13. The number of aryl methyl sites for hydroxylation is 1. The minimum atomic E-state index is -0.726. The second-order valence-corrected chi connectivity index (χ2v) is 8.89. The highest BCUT2D eigenvalue weighted by molar-refractivity contribution is 5.95. The molecule has 0 saturated heterocycles. The van der Waals surface area contributed by atoms with Crippen LogP contribution in [0, 0.1) is 6.92 Å². The van der Waals surface area contributed by atoms with E-state index in [1.54, 1.807) is 18.3 Å². The Kier molecular flexibility index (Phi) is 6.11. The molecule has 2 N–H and O–H groups in total. The van der Waals surface area contributed by atoms with Gasteiger partial charge in [-0.05, 0) is 48.7 Å². The van der Waals surface area contributed by atoms with Crippen LogP contribution in [0.25, 0.3) is 0 Å². The minimum Gasteiger partial charge on any atom is -0.488 e. The number of aliphatic hydroxyl groups is 1. The predicted molar refractivity (Wildman–Crippen MR) is 126 cm³/mol. The van der Waals surface area contributed by atoms with Gasteiger partial charge in [-0.1, -0.05) is 42.5 Å². The van der Waals surface area contributed by atoms with Crippen molar-refractivity contribution in [1.29, 1.82) is 0 Å². The highest BCUT2D eigenvalue weighted by Gasteiger charge is 2.48. The summed E-state index contributed by atoms with van der Waals surface area (Å²) in [6.07, 6.45) is 2.00. The summed E-state index contributed by atoms with van der Waals surface area (Å²) in [4.78, 5) is 19.7. The normalized spacial score (nSPS) is 24.8. The summed E-state index contributed by atoms with van der Waals surface area (Å²) in [5, 5.41) is 14.6. The molecular weight excluding hydrogens is 414 g/mol. The highest BCUT2D eigenvalue weighted by atomic mass is 16.5. The molecule has 0 radical (unpaired) electrons. The van der Waals surface area contributed by atoms with E-state index < -0.39 is 12.2 Å². The van der Waals surface area contributed by atoms with Crippen molar-refractivity contribution in [2.75, 3.05) is 6.54 Å². The van der Waals surface area contributed by atoms with E-state index in [0.717, 1.165) is 25.3 Å². The van der Waals surface area contributed by atoms with Crippen LogP contribution in [-0.4, -0.2) is 51.7 Å². The first kappa shape index (κ1) is 21.6. The molecular formula is C27H29N3O3. The zero-order valence-electron chi connectivity index (χ0n) is 18.7. The lowest BCUT2D eigenvalue weighted by atomic mass is 9.96. The van der Waals surface area contributed by atoms with Gasteiger partial charge < -0.3 is 15.2 Å². The monoisotopic (exact) mass is 443 g/mol. The molecule has 5 rings (SSSR count). The molecule has 0 bridgehead atoms. The second-order valence-electron chi connectivity index (χ2n) is 8.89. The van der Waals surface area contributed by atoms with E-state index in [1.807, 2.05) is 37.3 Å². The Bertz CT molecular complexity index is 1120. The van der Waals surface area contributed by atoms with Crippen LogP contribution in [0.1, 0.15) is 33.6 Å². The van der Waals surface area contributed by atoms with Gasteiger partial charge in [-0.15, -0.1) is 0 Å². The van der Waals surface area contributed by atoms with Gasteiger partial charge in [0.25, 0.3) is 5.91 Å². The van der Waals surface area contributed by atoms with Gasteiger partial charge in [0, 0.05) is 31.4 Å². The number of hydrogen-bond acceptors (Lipinski definition) is 5. The van der Waals surface area contributed by atoms with Crippen molar-refractivity contribution < 1.29 is 14.6 Å². The van der Waals surface area contributed by atoms with Gasteiger partial charge in [0.15, 0.2) is 0 Å². The molecule has 6 nitrogen and oxygen atoms in total. The van der Waals surface area contributed by atoms with Gasteiger partial charge in [0.05, 0.1) is 17.6 Å². The molecule has 0 spiro atoms. The number of carbonyl (C=O) groups excluding carboxylic acids is 1. The number of hydrogen-bond donors (Lipinski definition) is 2. The fourth-order valence-corrected chi connectivity index (χ4v) is 5.14. The van der Waals surface area contributed by atoms with Crippen LogP contribution in [-0.2, 0) is 13.0 Å². The summed E-state index contributed by atoms with van der Waals surface area (Å²) >= 11 is 0. The van der Waals surface area contributed by atoms with E-state index in [0.29, 0.717) is 17.7 Å². The van der Waals surface area contributed by atoms with Crippen molar-refractivity contribution in [2.24, 2.45) is 0 Å². The maximum atomic E-state index is 13.1. The van der Waals surface area contributed by atoms with Crippen molar-refractivity contribution >= 4 is 5.91 Å². The summed E-state index contributed by atoms with van der Waals surface area (Å²) in [5.41, 5.74) is 3.87. The Morgan fingerprint density at radius 1 is 1.06 bits per heavy atom. The number of rotatable bonds is 5. The Hall–Kier alpha value is -3.22. The summed E-state index contributed by atoms with van der Waals surface area (Å²) in [7, 11) is 0. The fourth-order valence-electron chi connectivity index (χ4n) is 5.14. The third-order valence-electron chi connectivity index (χ3n) is 6.81. The number of benzene rings is 2. The van der Waals surface area contributed by atoms with Crippen LogP contribution < -0.4 is 10.1 Å². The number of amides is 1. The Morgan fingerprint density at radius 3 is 2.61 bits per heavy atom. The number of carbonyl (C=O) groups is 1. The zero-order valence-corrected chi connectivity index (χ0v) is 18.7. The van der Waals surface area contributed by atoms with Crippen LogP contribution in [0.15, 0.2) is 72.9 Å². The first-order valence-corrected chi connectivity index (χ1v) is 11.5. The maximum absolute atomic E-state index is 13.1. The lowest BCUT2D eigenvalue weighted by Gasteiger charge is -2.38. The van der Waals surface area contributed by atoms with Crippen molar-refractivity contribution in [3.63, 3.8) is 0 Å². The highest BCUT2D eigenvalue weighted by Crippen LogP contribution is 2.32. The first-order valence-electron chi connectivity index (χ1n) is 11.5. The zero-order chi connectivity index (χ0) is 22.8. The molecule has 2 aliphatic rings. The van der Waals surface area contributed by atoms with Crippen LogP contribution in [0.2, 0.25) is 0 Å². The van der Waals surface area contributed by atoms with Gasteiger partial charge >= 0.3 is 0 Å². The summed E-state index contributed by atoms with van der Waals surface area (Å²) < 4.78 is 6.18. The molecule has 170 valence electrons. The summed E-state index contributed by atoms with van der Waals surface area (Å²) in [6.45, 7) is 3.40. The molecule has 6 heteroatoms. The van der Waals surface area contributed by atoms with Crippen LogP contribution >= 0.6 is 0 Å². The van der Waals surface area contributed by atoms with E-state index in [9.17, 15) is 9.90 Å². The van der Waals surface area contributed by atoms with E-state index in [2.05, 4.69) is 39.5 Å². The molecule has 1 aliphatic carbocycles. The van der Waals surface area contributed by atoms with Gasteiger partial charge in [-0.2, -0.15) is 0 Å². The van der Waals surface area contributed by atoms with E-state index in [4.69, 9.17) is 4.74 Å². The number of ether oxygens (including phenoxy) is 1. The lowest BCUT2D eigenvalue weighted by Crippen LogP contribution is -2.54. The third kappa shape index (κ3) is 4.49. The van der Waals surface area contributed by atoms with Gasteiger partial charge in [-0.3, -0.25) is 14.7 Å². The molecule has 3 aromatic rings. The molecule has 1 aliphatic heterocycles. The van der Waals surface area contributed by atoms with E-state index in [-0.39, 0.29) is 18.0 Å². The Labute approximate surface area is 194 Å². The second kappa shape index (κ2) is 9.33. The molecule has 1 fully saturated rings. The minimum absolute atomic E-state index is 0.166. The molecule has 4 atom stereocenters. The van der Waals surface area contributed by atoms with Crippen LogP contribution in [0.5, 0.6) is 5.75 Å². The summed E-state index contributed by atoms with van der Waals surface area (Å²) in [6, 6.07) is 21.1. The molecule has 2 heterocycles. The third-order valence-corrected chi connectivity index (χ3v) is 6.81. The van der Waals surface area contributed by atoms with Gasteiger partial charge in [0.1, 0.15) is 18.0 Å². The molecule has 1 amide bonds. The number of pyridine rings is 1. The smallest absolute Gasteiger partial charge is 0.253 e. The number of nitrogens with one attached hydrogen (secondary N) is 1. The topological polar surface area (TPSA) is 74.7 Å². The molecule has 1 saturated carbocycles. The van der Waals surface area contributed by atoms with Crippen molar-refractivity contribution in [3.8, 4) is 5.75 Å². The number of para-hydroxylation sites is 1. The van der Waals surface area contributed by atoms with Crippen molar-refractivity contribution in [1.82, 2.24) is 15.2 Å². The van der Waals surface area contributed by atoms with Crippen LogP contribution in [0.3, 0.4) is 0 Å². The number of aromatic nitrogens is 1. The lowest BCUT2D eigenvalue weighted by molar-refractivity contribution is 0.00259. The Morgan fingerprint density at radius 2 is 1.82 bits per heavy atom. The van der Waals surface area contributed by atoms with Crippen molar-refractivity contribution in [2.45, 2.75) is 50.6 Å². The molecule has 1 aromatic heterocycles. The van der Waals surface area contributed by atoms with E-state index in [1.165, 1.54) is 11.1 Å². The first-order chi connectivity index (χ1) is 16.1. The van der Waals surface area contributed by atoms with Gasteiger partial charge in [0.2, 0.25) is 0 Å². The number of nitrogens with zero attached hydrogens (tertiary/aromatic N) is 2. The van der Waals surface area contributed by atoms with Gasteiger partial charge in [-0.25, -0.2) is 0 Å². The fraction of sp³-hybridized carbons (Fsp3) is 0.333. The van der Waals surface area contributed by atoms with Crippen molar-refractivity contribution in [3.05, 3.63) is 95.3 Å². The number of aliphatic hydroxyl groups excluding tert-OH is 1.